The van der Waals surface area contributed by atoms with Crippen LogP contribution in [0.2, 0.25) is 0 Å². The third-order valence-corrected chi connectivity index (χ3v) is 5.57. The van der Waals surface area contributed by atoms with Gasteiger partial charge in [-0.15, -0.1) is 0 Å². The second kappa shape index (κ2) is 10.4. The number of pyridine rings is 1. The zero-order valence-corrected chi connectivity index (χ0v) is 20.7. The lowest BCUT2D eigenvalue weighted by atomic mass is 10.1. The van der Waals surface area contributed by atoms with Crippen LogP contribution < -0.4 is 24.8 Å². The summed E-state index contributed by atoms with van der Waals surface area (Å²) in [6.07, 6.45) is 1.68. The normalized spacial score (nSPS) is 10.5. The minimum absolute atomic E-state index is 0.214. The number of benzene rings is 3. The topological polar surface area (TPSA) is 81.7 Å². The molecule has 1 aromatic heterocycles. The zero-order chi connectivity index (χ0) is 24.9. The predicted molar refractivity (Wildman–Crippen MR) is 141 cm³/mol. The largest absolute Gasteiger partial charge is 0.493 e. The maximum absolute atomic E-state index is 12.4. The predicted octanol–water partition coefficient (Wildman–Crippen LogP) is 5.79. The van der Waals surface area contributed by atoms with Crippen LogP contribution in [0.15, 0.2) is 66.9 Å². The molecule has 0 unspecified atom stereocenters. The first-order chi connectivity index (χ1) is 16.9. The second-order valence-electron chi connectivity index (χ2n) is 7.89. The first kappa shape index (κ1) is 24.0. The van der Waals surface area contributed by atoms with E-state index in [4.69, 9.17) is 26.4 Å². The average Bonchev–Trinajstić information content (AvgIpc) is 2.84. The molecule has 0 fully saturated rings. The van der Waals surface area contributed by atoms with Crippen molar-refractivity contribution in [2.24, 2.45) is 0 Å². The molecular weight excluding hydrogens is 462 g/mol. The Morgan fingerprint density at radius 3 is 2.37 bits per heavy atom. The van der Waals surface area contributed by atoms with Crippen LogP contribution >= 0.6 is 12.2 Å². The van der Waals surface area contributed by atoms with Crippen molar-refractivity contribution in [2.75, 3.05) is 19.5 Å². The molecule has 35 heavy (non-hydrogen) atoms. The van der Waals surface area contributed by atoms with Gasteiger partial charge in [-0.2, -0.15) is 0 Å². The standard InChI is InChI=1S/C27H25N3O4S/c1-16-6-5-7-18(12-16)26(31)30-27(35)29-19-8-9-22(17(2)13-19)34-23-10-11-28-21-15-25(33-4)24(32-3)14-20(21)23/h5-15H,1-4H3,(H2,29,30,31,35). The number of ether oxygens (including phenoxy) is 3. The monoisotopic (exact) mass is 487 g/mol. The fourth-order valence-corrected chi connectivity index (χ4v) is 3.83. The van der Waals surface area contributed by atoms with Gasteiger partial charge in [-0.25, -0.2) is 0 Å². The van der Waals surface area contributed by atoms with E-state index in [-0.39, 0.29) is 11.0 Å². The van der Waals surface area contributed by atoms with Crippen LogP contribution in [-0.4, -0.2) is 30.2 Å². The van der Waals surface area contributed by atoms with Crippen molar-refractivity contribution in [3.8, 4) is 23.0 Å². The summed E-state index contributed by atoms with van der Waals surface area (Å²) in [6.45, 7) is 3.86. The van der Waals surface area contributed by atoms with Gasteiger partial charge < -0.3 is 19.5 Å². The number of thiocarbonyl (C=S) groups is 1. The number of fused-ring (bicyclic) bond motifs is 1. The number of aromatic nitrogens is 1. The van der Waals surface area contributed by atoms with E-state index in [1.165, 1.54) is 0 Å². The summed E-state index contributed by atoms with van der Waals surface area (Å²) >= 11 is 5.32. The SMILES string of the molecule is COc1cc2nccc(Oc3ccc(NC(=S)NC(=O)c4cccc(C)c4)cc3C)c2cc1OC. The lowest BCUT2D eigenvalue weighted by Crippen LogP contribution is -2.34. The van der Waals surface area contributed by atoms with Crippen LogP contribution in [0.1, 0.15) is 21.5 Å². The number of amides is 1. The van der Waals surface area contributed by atoms with Crippen LogP contribution in [-0.2, 0) is 0 Å². The minimum Gasteiger partial charge on any atom is -0.493 e. The number of rotatable bonds is 6. The molecule has 178 valence electrons. The third kappa shape index (κ3) is 5.50. The summed E-state index contributed by atoms with van der Waals surface area (Å²) in [6, 6.07) is 18.4. The van der Waals surface area contributed by atoms with Crippen LogP contribution in [0.5, 0.6) is 23.0 Å². The average molecular weight is 488 g/mol. The summed E-state index contributed by atoms with van der Waals surface area (Å²) < 4.78 is 17.0. The van der Waals surface area contributed by atoms with E-state index in [9.17, 15) is 4.79 Å². The molecule has 4 aromatic rings. The maximum atomic E-state index is 12.4. The van der Waals surface area contributed by atoms with Crippen LogP contribution in [0.3, 0.4) is 0 Å². The Labute approximate surface area is 209 Å². The minimum atomic E-state index is -0.264. The van der Waals surface area contributed by atoms with Gasteiger partial charge in [-0.1, -0.05) is 17.7 Å². The first-order valence-corrected chi connectivity index (χ1v) is 11.3. The summed E-state index contributed by atoms with van der Waals surface area (Å²) in [5.41, 5.74) is 3.89. The van der Waals surface area contributed by atoms with Crippen LogP contribution in [0, 0.1) is 13.8 Å². The number of methoxy groups -OCH3 is 2. The number of hydrogen-bond acceptors (Lipinski definition) is 6. The van der Waals surface area contributed by atoms with Crippen molar-refractivity contribution in [3.63, 3.8) is 0 Å². The second-order valence-corrected chi connectivity index (χ2v) is 8.30. The van der Waals surface area contributed by atoms with Gasteiger partial charge in [0.2, 0.25) is 0 Å². The van der Waals surface area contributed by atoms with E-state index in [2.05, 4.69) is 15.6 Å². The molecule has 8 heteroatoms. The number of hydrogen-bond donors (Lipinski definition) is 2. The number of carbonyl (C=O) groups is 1. The highest BCUT2D eigenvalue weighted by atomic mass is 32.1. The molecule has 4 rings (SSSR count). The lowest BCUT2D eigenvalue weighted by Gasteiger charge is -2.15. The fraction of sp³-hybridized carbons (Fsp3) is 0.148. The molecule has 0 spiro atoms. The molecule has 0 aliphatic carbocycles. The number of nitrogens with zero attached hydrogens (tertiary/aromatic N) is 1. The molecular formula is C27H25N3O4S. The van der Waals surface area contributed by atoms with Crippen LogP contribution in [0.4, 0.5) is 5.69 Å². The highest BCUT2D eigenvalue weighted by Crippen LogP contribution is 2.37. The smallest absolute Gasteiger partial charge is 0.257 e. The number of aryl methyl sites for hydroxylation is 2. The molecule has 0 atom stereocenters. The number of nitrogens with one attached hydrogen (secondary N) is 2. The maximum Gasteiger partial charge on any atom is 0.257 e. The van der Waals surface area contributed by atoms with Crippen molar-refractivity contribution in [3.05, 3.63) is 83.6 Å². The van der Waals surface area contributed by atoms with E-state index in [0.29, 0.717) is 28.6 Å². The molecule has 0 radical (unpaired) electrons. The van der Waals surface area contributed by atoms with Crippen molar-refractivity contribution >= 4 is 39.8 Å². The molecule has 3 aromatic carbocycles. The number of carbonyl (C=O) groups excluding carboxylic acids is 1. The summed E-state index contributed by atoms with van der Waals surface area (Å²) in [5, 5.41) is 6.77. The molecule has 0 saturated heterocycles. The molecule has 0 aliphatic heterocycles. The van der Waals surface area contributed by atoms with E-state index < -0.39 is 0 Å². The van der Waals surface area contributed by atoms with Crippen molar-refractivity contribution in [1.82, 2.24) is 10.3 Å². The zero-order valence-electron chi connectivity index (χ0n) is 19.8. The van der Waals surface area contributed by atoms with Gasteiger partial charge >= 0.3 is 0 Å². The quantitative estimate of drug-likeness (QED) is 0.333. The van der Waals surface area contributed by atoms with E-state index in [1.807, 2.05) is 62.4 Å². The Morgan fingerprint density at radius 2 is 1.66 bits per heavy atom. The molecule has 1 heterocycles. The Hall–Kier alpha value is -4.17. The van der Waals surface area contributed by atoms with Gasteiger partial charge in [0, 0.05) is 28.9 Å². The Bertz CT molecular complexity index is 1420. The van der Waals surface area contributed by atoms with E-state index in [0.717, 1.165) is 27.7 Å². The van der Waals surface area contributed by atoms with E-state index in [1.54, 1.807) is 32.5 Å². The molecule has 0 aliphatic rings. The summed E-state index contributed by atoms with van der Waals surface area (Å²) in [7, 11) is 3.17. The van der Waals surface area contributed by atoms with Crippen molar-refractivity contribution in [2.45, 2.75) is 13.8 Å². The van der Waals surface area contributed by atoms with Crippen molar-refractivity contribution in [1.29, 1.82) is 0 Å². The van der Waals surface area contributed by atoms with Gasteiger partial charge in [0.15, 0.2) is 16.6 Å². The molecule has 2 N–H and O–H groups in total. The number of anilines is 1. The summed E-state index contributed by atoms with van der Waals surface area (Å²) in [4.78, 5) is 16.8. The van der Waals surface area contributed by atoms with Gasteiger partial charge in [0.1, 0.15) is 11.5 Å². The third-order valence-electron chi connectivity index (χ3n) is 5.37. The van der Waals surface area contributed by atoms with Gasteiger partial charge in [-0.05, 0) is 74.1 Å². The lowest BCUT2D eigenvalue weighted by molar-refractivity contribution is 0.0977. The Morgan fingerprint density at radius 1 is 0.886 bits per heavy atom. The van der Waals surface area contributed by atoms with Gasteiger partial charge in [0.05, 0.1) is 19.7 Å². The first-order valence-electron chi connectivity index (χ1n) is 10.9. The highest BCUT2D eigenvalue weighted by Gasteiger charge is 2.13. The molecule has 1 amide bonds. The van der Waals surface area contributed by atoms with Gasteiger partial charge in [0.25, 0.3) is 5.91 Å². The molecule has 0 saturated carbocycles. The Kier molecular flexibility index (Phi) is 7.12. The van der Waals surface area contributed by atoms with Crippen molar-refractivity contribution < 1.29 is 19.0 Å². The van der Waals surface area contributed by atoms with Gasteiger partial charge in [-0.3, -0.25) is 15.1 Å². The highest BCUT2D eigenvalue weighted by molar-refractivity contribution is 7.80. The van der Waals surface area contributed by atoms with E-state index >= 15 is 0 Å². The van der Waals surface area contributed by atoms with Crippen LogP contribution in [0.25, 0.3) is 10.9 Å². The molecule has 7 nitrogen and oxygen atoms in total. The molecule has 0 bridgehead atoms. The summed E-state index contributed by atoms with van der Waals surface area (Å²) in [5.74, 6) is 2.24. The fourth-order valence-electron chi connectivity index (χ4n) is 3.62. The Balaban J connectivity index is 1.49.